The van der Waals surface area contributed by atoms with E-state index in [1.165, 1.54) is 11.8 Å². The predicted molar refractivity (Wildman–Crippen MR) is 156 cm³/mol. The Morgan fingerprint density at radius 3 is 1.76 bits per heavy atom. The second-order valence-corrected chi connectivity index (χ2v) is 10.3. The molecular formula is C30H61N3O4. The number of likely N-dealkylation sites (N-methyl/N-ethyl adjacent to an activating group) is 1. The Kier molecular flexibility index (Phi) is 22.8. The van der Waals surface area contributed by atoms with E-state index in [4.69, 9.17) is 0 Å². The smallest absolute Gasteiger partial charge is 0.238 e. The van der Waals surface area contributed by atoms with Crippen molar-refractivity contribution in [1.82, 2.24) is 15.1 Å². The minimum Gasteiger partial charge on any atom is -0.345 e. The number of hydrogen-bond donors (Lipinski definition) is 1. The Morgan fingerprint density at radius 1 is 0.892 bits per heavy atom. The molecule has 1 rings (SSSR count). The van der Waals surface area contributed by atoms with Crippen LogP contribution < -0.4 is 5.32 Å². The van der Waals surface area contributed by atoms with Crippen molar-refractivity contribution in [3.63, 3.8) is 0 Å². The molecule has 1 unspecified atom stereocenters. The maximum atomic E-state index is 12.9. The van der Waals surface area contributed by atoms with Crippen LogP contribution in [0.15, 0.2) is 0 Å². The van der Waals surface area contributed by atoms with Gasteiger partial charge in [-0.3, -0.25) is 29.0 Å². The van der Waals surface area contributed by atoms with Crippen LogP contribution in [-0.4, -0.2) is 65.5 Å². The molecular weight excluding hydrogens is 466 g/mol. The molecule has 2 atom stereocenters. The zero-order valence-corrected chi connectivity index (χ0v) is 26.8. The van der Waals surface area contributed by atoms with Gasteiger partial charge in [0.1, 0.15) is 0 Å². The Hall–Kier alpha value is -1.76. The molecule has 0 aromatic rings. The first-order chi connectivity index (χ1) is 17.3. The number of nitrogens with zero attached hydrogens (tertiary/aromatic N) is 2. The molecule has 1 heterocycles. The molecule has 0 spiro atoms. The molecule has 3 amide bonds. The van der Waals surface area contributed by atoms with Gasteiger partial charge in [0.05, 0.1) is 17.5 Å². The average molecular weight is 528 g/mol. The second kappa shape index (κ2) is 21.2. The molecule has 0 saturated carbocycles. The fraction of sp³-hybridized carbons (Fsp3) is 0.867. The number of unbranched alkanes of at least 4 members (excludes halogenated alkanes) is 3. The predicted octanol–water partition coefficient (Wildman–Crippen LogP) is 6.10. The van der Waals surface area contributed by atoms with Gasteiger partial charge < -0.3 is 5.32 Å². The summed E-state index contributed by atoms with van der Waals surface area (Å²) in [6.07, 6.45) is 3.94. The van der Waals surface area contributed by atoms with Crippen LogP contribution in [-0.2, 0) is 19.2 Å². The molecule has 7 nitrogen and oxygen atoms in total. The first-order valence-electron chi connectivity index (χ1n) is 14.7. The van der Waals surface area contributed by atoms with E-state index < -0.39 is 11.5 Å². The molecule has 0 aliphatic carbocycles. The summed E-state index contributed by atoms with van der Waals surface area (Å²) in [4.78, 5) is 52.5. The van der Waals surface area contributed by atoms with E-state index in [9.17, 15) is 19.2 Å². The first-order valence-corrected chi connectivity index (χ1v) is 14.7. The molecule has 1 fully saturated rings. The lowest BCUT2D eigenvalue weighted by molar-refractivity contribution is -0.140. The van der Waals surface area contributed by atoms with Crippen molar-refractivity contribution in [3.8, 4) is 0 Å². The molecule has 1 aliphatic heterocycles. The van der Waals surface area contributed by atoms with Crippen LogP contribution in [0.25, 0.3) is 0 Å². The van der Waals surface area contributed by atoms with Gasteiger partial charge in [0.2, 0.25) is 17.7 Å². The number of rotatable bonds is 13. The normalized spacial score (nSPS) is 15.8. The van der Waals surface area contributed by atoms with Crippen molar-refractivity contribution in [3.05, 3.63) is 0 Å². The molecule has 0 aromatic carbocycles. The molecule has 1 N–H and O–H groups in total. The van der Waals surface area contributed by atoms with Gasteiger partial charge in [-0.25, -0.2) is 0 Å². The van der Waals surface area contributed by atoms with Crippen molar-refractivity contribution in [1.29, 1.82) is 0 Å². The van der Waals surface area contributed by atoms with Gasteiger partial charge in [0, 0.05) is 13.0 Å². The standard InChI is InChI=1S/C24H43N3O4.3C2H6/c1-16(2)20(18(5)28)25-22(30)21(17(3)4)26(8)13-11-9-10-12-14-27-19(29)15-24(6,7)23(27)31;3*1-2/h16-17,20-21H,9-15H2,1-8H3,(H,25,30);3*1-2H3/t20-,21?;;;/m0.../s1. The second-order valence-electron chi connectivity index (χ2n) is 10.3. The van der Waals surface area contributed by atoms with Gasteiger partial charge in [-0.2, -0.15) is 0 Å². The highest BCUT2D eigenvalue weighted by Gasteiger charge is 2.44. The Morgan fingerprint density at radius 2 is 1.38 bits per heavy atom. The zero-order valence-electron chi connectivity index (χ0n) is 26.8. The highest BCUT2D eigenvalue weighted by atomic mass is 16.2. The van der Waals surface area contributed by atoms with Crippen LogP contribution in [0.5, 0.6) is 0 Å². The van der Waals surface area contributed by atoms with Gasteiger partial charge >= 0.3 is 0 Å². The molecule has 1 saturated heterocycles. The lowest BCUT2D eigenvalue weighted by Gasteiger charge is -2.32. The SMILES string of the molecule is CC.CC.CC.CC(=O)[C@@H](NC(=O)C(C(C)C)N(C)CCCCCCN1C(=O)CC(C)(C)C1=O)C(C)C. The lowest BCUT2D eigenvalue weighted by Crippen LogP contribution is -2.53. The summed E-state index contributed by atoms with van der Waals surface area (Å²) < 4.78 is 0. The number of amides is 3. The number of imide groups is 1. The highest BCUT2D eigenvalue weighted by Crippen LogP contribution is 2.31. The van der Waals surface area contributed by atoms with Crippen molar-refractivity contribution < 1.29 is 19.2 Å². The fourth-order valence-corrected chi connectivity index (χ4v) is 4.37. The number of likely N-dealkylation sites (tertiary alicyclic amines) is 1. The van der Waals surface area contributed by atoms with E-state index in [-0.39, 0.29) is 41.4 Å². The van der Waals surface area contributed by atoms with E-state index in [0.29, 0.717) is 13.0 Å². The molecule has 0 bridgehead atoms. The van der Waals surface area contributed by atoms with Crippen LogP contribution in [0, 0.1) is 17.3 Å². The third kappa shape index (κ3) is 14.1. The third-order valence-electron chi connectivity index (χ3n) is 6.14. The van der Waals surface area contributed by atoms with Crippen LogP contribution in [0.1, 0.15) is 122 Å². The van der Waals surface area contributed by atoms with E-state index >= 15 is 0 Å². The van der Waals surface area contributed by atoms with Crippen molar-refractivity contribution in [2.75, 3.05) is 20.1 Å². The summed E-state index contributed by atoms with van der Waals surface area (Å²) >= 11 is 0. The maximum absolute atomic E-state index is 12.9. The van der Waals surface area contributed by atoms with Crippen molar-refractivity contribution in [2.45, 2.75) is 134 Å². The lowest BCUT2D eigenvalue weighted by atomic mass is 9.92. The average Bonchev–Trinajstić information content (AvgIpc) is 3.04. The summed E-state index contributed by atoms with van der Waals surface area (Å²) in [6.45, 7) is 26.3. The van der Waals surface area contributed by atoms with E-state index in [1.807, 2.05) is 90.1 Å². The van der Waals surface area contributed by atoms with Gasteiger partial charge in [0.25, 0.3) is 0 Å². The maximum Gasteiger partial charge on any atom is 0.238 e. The summed E-state index contributed by atoms with van der Waals surface area (Å²) in [6, 6.07) is -0.745. The largest absolute Gasteiger partial charge is 0.345 e. The third-order valence-corrected chi connectivity index (χ3v) is 6.14. The molecule has 37 heavy (non-hydrogen) atoms. The molecule has 7 heteroatoms. The summed E-state index contributed by atoms with van der Waals surface area (Å²) in [5, 5.41) is 2.94. The fourth-order valence-electron chi connectivity index (χ4n) is 4.37. The number of carbonyl (C=O) groups excluding carboxylic acids is 4. The van der Waals surface area contributed by atoms with Crippen molar-refractivity contribution >= 4 is 23.5 Å². The minimum atomic E-state index is -0.566. The van der Waals surface area contributed by atoms with Crippen LogP contribution in [0.2, 0.25) is 0 Å². The van der Waals surface area contributed by atoms with E-state index in [0.717, 1.165) is 32.2 Å². The summed E-state index contributed by atoms with van der Waals surface area (Å²) in [7, 11) is 1.95. The van der Waals surface area contributed by atoms with Crippen LogP contribution in [0.4, 0.5) is 0 Å². The Bertz CT molecular complexity index is 659. The Balaban J connectivity index is -0.00000179. The highest BCUT2D eigenvalue weighted by molar-refractivity contribution is 6.05. The monoisotopic (exact) mass is 527 g/mol. The quantitative estimate of drug-likeness (QED) is 0.231. The van der Waals surface area contributed by atoms with Crippen molar-refractivity contribution in [2.24, 2.45) is 17.3 Å². The number of carbonyl (C=O) groups is 4. The first kappa shape index (κ1) is 39.7. The zero-order chi connectivity index (χ0) is 29.9. The molecule has 1 aliphatic rings. The topological polar surface area (TPSA) is 86.8 Å². The van der Waals surface area contributed by atoms with Gasteiger partial charge in [-0.1, -0.05) is 95.9 Å². The van der Waals surface area contributed by atoms with Gasteiger partial charge in [-0.05, 0) is 45.2 Å². The van der Waals surface area contributed by atoms with Crippen LogP contribution >= 0.6 is 0 Å². The molecule has 220 valence electrons. The van der Waals surface area contributed by atoms with Crippen LogP contribution in [0.3, 0.4) is 0 Å². The molecule has 0 radical (unpaired) electrons. The van der Waals surface area contributed by atoms with E-state index in [1.54, 1.807) is 0 Å². The summed E-state index contributed by atoms with van der Waals surface area (Å²) in [5.41, 5.74) is -0.566. The number of ketones is 1. The number of nitrogens with one attached hydrogen (secondary N) is 1. The van der Waals surface area contributed by atoms with Gasteiger partial charge in [-0.15, -0.1) is 0 Å². The molecule has 0 aromatic heterocycles. The summed E-state index contributed by atoms with van der Waals surface area (Å²) in [5.74, 6) is -0.0640. The van der Waals surface area contributed by atoms with Gasteiger partial charge in [0.15, 0.2) is 5.78 Å². The minimum absolute atomic E-state index is 0.0214. The number of hydrogen-bond acceptors (Lipinski definition) is 5. The number of Topliss-reactive ketones (excluding diaryl/α,β-unsaturated/α-hetero) is 1. The Labute approximate surface area is 229 Å². The van der Waals surface area contributed by atoms with E-state index in [2.05, 4.69) is 10.2 Å².